The Morgan fingerprint density at radius 1 is 0.528 bits per heavy atom. The van der Waals surface area contributed by atoms with Crippen LogP contribution in [-0.2, 0) is 6.11 Å². The van der Waals surface area contributed by atoms with E-state index < -0.39 is 75.1 Å². The van der Waals surface area contributed by atoms with Crippen molar-refractivity contribution in [2.45, 2.75) is 6.11 Å². The molecular formula is C25H10F10O. The van der Waals surface area contributed by atoms with E-state index >= 15 is 0 Å². The molecule has 0 amide bonds. The minimum absolute atomic E-state index is 0.0262. The van der Waals surface area contributed by atoms with Crippen LogP contribution in [0, 0.1) is 46.5 Å². The number of hydrogen-bond donors (Lipinski definition) is 0. The number of ether oxygens (including phenoxy) is 1. The molecule has 0 N–H and O–H groups in total. The van der Waals surface area contributed by atoms with E-state index in [1.165, 1.54) is 18.2 Å². The van der Waals surface area contributed by atoms with Crippen LogP contribution in [0.1, 0.15) is 5.56 Å². The lowest BCUT2D eigenvalue weighted by Gasteiger charge is -2.20. The lowest BCUT2D eigenvalue weighted by Crippen LogP contribution is -2.25. The van der Waals surface area contributed by atoms with Gasteiger partial charge in [0.2, 0.25) is 0 Å². The number of rotatable bonds is 5. The van der Waals surface area contributed by atoms with E-state index in [1.807, 2.05) is 0 Å². The lowest BCUT2D eigenvalue weighted by atomic mass is 9.97. The molecule has 0 heterocycles. The van der Waals surface area contributed by atoms with E-state index in [9.17, 15) is 43.9 Å². The Balaban J connectivity index is 1.73. The zero-order valence-corrected chi connectivity index (χ0v) is 17.5. The summed E-state index contributed by atoms with van der Waals surface area (Å²) in [6.45, 7) is 0. The normalized spacial score (nSPS) is 11.6. The first-order chi connectivity index (χ1) is 16.9. The van der Waals surface area contributed by atoms with E-state index in [4.69, 9.17) is 0 Å². The maximum Gasteiger partial charge on any atom is 0.432 e. The molecule has 0 aromatic heterocycles. The van der Waals surface area contributed by atoms with Crippen LogP contribution in [-0.4, -0.2) is 0 Å². The van der Waals surface area contributed by atoms with Crippen LogP contribution >= 0.6 is 0 Å². The fraction of sp³-hybridized carbons (Fsp3) is 0.0400. The van der Waals surface area contributed by atoms with Gasteiger partial charge in [-0.15, -0.1) is 0 Å². The fourth-order valence-electron chi connectivity index (χ4n) is 3.49. The molecule has 4 aromatic rings. The van der Waals surface area contributed by atoms with Crippen molar-refractivity contribution in [3.63, 3.8) is 0 Å². The molecule has 0 aliphatic rings. The maximum absolute atomic E-state index is 14.7. The van der Waals surface area contributed by atoms with E-state index in [0.717, 1.165) is 6.07 Å². The van der Waals surface area contributed by atoms with E-state index in [-0.39, 0.29) is 35.4 Å². The van der Waals surface area contributed by atoms with Crippen molar-refractivity contribution >= 4 is 0 Å². The molecule has 0 saturated carbocycles. The second-order valence-electron chi connectivity index (χ2n) is 7.43. The molecule has 11 heteroatoms. The van der Waals surface area contributed by atoms with Crippen molar-refractivity contribution in [3.05, 3.63) is 113 Å². The highest BCUT2D eigenvalue weighted by Crippen LogP contribution is 2.39. The molecule has 1 nitrogen and oxygen atoms in total. The Bertz CT molecular complexity index is 1410. The van der Waals surface area contributed by atoms with Gasteiger partial charge in [-0.1, -0.05) is 18.2 Å². The number of alkyl halides is 2. The number of halogens is 10. The highest BCUT2D eigenvalue weighted by molar-refractivity contribution is 5.72. The Morgan fingerprint density at radius 3 is 1.56 bits per heavy atom. The zero-order valence-electron chi connectivity index (χ0n) is 17.5. The molecule has 0 atom stereocenters. The van der Waals surface area contributed by atoms with Crippen LogP contribution < -0.4 is 4.74 Å². The lowest BCUT2D eigenvalue weighted by molar-refractivity contribution is -0.189. The topological polar surface area (TPSA) is 9.23 Å². The SMILES string of the molecule is Fc1ccccc1-c1cc(F)c(-c2cc(F)c(C(F)(F)Oc3cc(F)c(F)c(F)c3)c(F)c2)c(F)c1. The van der Waals surface area contributed by atoms with Gasteiger partial charge in [-0.2, -0.15) is 8.78 Å². The average molecular weight is 516 g/mol. The van der Waals surface area contributed by atoms with Gasteiger partial charge in [0, 0.05) is 17.7 Å². The maximum atomic E-state index is 14.7. The standard InChI is InChI=1S/C25H10F10O/c26-15-4-2-1-3-14(15)11-5-16(27)22(17(28)6-11)12-7-18(29)23(19(30)8-12)25(34,35)36-13-9-20(31)24(33)21(32)10-13/h1-10H. The summed E-state index contributed by atoms with van der Waals surface area (Å²) in [4.78, 5) is 0. The first-order valence-corrected chi connectivity index (χ1v) is 9.84. The van der Waals surface area contributed by atoms with Gasteiger partial charge < -0.3 is 4.74 Å². The van der Waals surface area contributed by atoms with Crippen molar-refractivity contribution in [3.8, 4) is 28.0 Å². The van der Waals surface area contributed by atoms with Gasteiger partial charge in [-0.05, 0) is 41.5 Å². The molecule has 0 saturated heterocycles. The van der Waals surface area contributed by atoms with Gasteiger partial charge in [-0.3, -0.25) is 0 Å². The average Bonchev–Trinajstić information content (AvgIpc) is 2.76. The summed E-state index contributed by atoms with van der Waals surface area (Å²) in [5, 5.41) is 0. The van der Waals surface area contributed by atoms with Crippen molar-refractivity contribution in [1.82, 2.24) is 0 Å². The summed E-state index contributed by atoms with van der Waals surface area (Å²) in [6, 6.07) is 6.83. The molecule has 36 heavy (non-hydrogen) atoms. The summed E-state index contributed by atoms with van der Waals surface area (Å²) in [7, 11) is 0. The summed E-state index contributed by atoms with van der Waals surface area (Å²) in [6.07, 6.45) is -4.88. The summed E-state index contributed by atoms with van der Waals surface area (Å²) < 4.78 is 145. The second kappa shape index (κ2) is 9.21. The summed E-state index contributed by atoms with van der Waals surface area (Å²) in [5.74, 6) is -14.7. The minimum Gasteiger partial charge on any atom is -0.429 e. The quantitative estimate of drug-likeness (QED) is 0.192. The van der Waals surface area contributed by atoms with Crippen LogP contribution in [0.3, 0.4) is 0 Å². The number of hydrogen-bond acceptors (Lipinski definition) is 1. The molecule has 0 fully saturated rings. The van der Waals surface area contributed by atoms with Gasteiger partial charge in [-0.25, -0.2) is 35.1 Å². The largest absolute Gasteiger partial charge is 0.432 e. The van der Waals surface area contributed by atoms with E-state index in [1.54, 1.807) is 0 Å². The third kappa shape index (κ3) is 4.60. The first kappa shape index (κ1) is 25.1. The molecule has 0 unspecified atom stereocenters. The van der Waals surface area contributed by atoms with Gasteiger partial charge in [0.25, 0.3) is 0 Å². The molecule has 0 radical (unpaired) electrons. The van der Waals surface area contributed by atoms with Crippen LogP contribution in [0.4, 0.5) is 43.9 Å². The zero-order chi connectivity index (χ0) is 26.4. The smallest absolute Gasteiger partial charge is 0.429 e. The third-order valence-corrected chi connectivity index (χ3v) is 5.05. The van der Waals surface area contributed by atoms with Crippen molar-refractivity contribution < 1.29 is 48.6 Å². The highest BCUT2D eigenvalue weighted by atomic mass is 19.3. The Labute approximate surface area is 196 Å². The fourth-order valence-corrected chi connectivity index (χ4v) is 3.49. The summed E-state index contributed by atoms with van der Waals surface area (Å²) in [5.41, 5.74) is -4.26. The van der Waals surface area contributed by atoms with Crippen molar-refractivity contribution in [1.29, 1.82) is 0 Å². The Morgan fingerprint density at radius 2 is 1.03 bits per heavy atom. The molecule has 4 aromatic carbocycles. The molecule has 0 spiro atoms. The molecular weight excluding hydrogens is 506 g/mol. The minimum atomic E-state index is -4.88. The molecule has 4 rings (SSSR count). The first-order valence-electron chi connectivity index (χ1n) is 9.84. The molecule has 0 bridgehead atoms. The third-order valence-electron chi connectivity index (χ3n) is 5.05. The van der Waals surface area contributed by atoms with Crippen molar-refractivity contribution in [2.24, 2.45) is 0 Å². The molecule has 186 valence electrons. The monoisotopic (exact) mass is 516 g/mol. The van der Waals surface area contributed by atoms with Crippen LogP contribution in [0.25, 0.3) is 22.3 Å². The van der Waals surface area contributed by atoms with Crippen LogP contribution in [0.15, 0.2) is 60.7 Å². The second-order valence-corrected chi connectivity index (χ2v) is 7.43. The van der Waals surface area contributed by atoms with Crippen LogP contribution in [0.5, 0.6) is 5.75 Å². The van der Waals surface area contributed by atoms with Gasteiger partial charge in [0.05, 0.1) is 5.56 Å². The predicted molar refractivity (Wildman–Crippen MR) is 108 cm³/mol. The summed E-state index contributed by atoms with van der Waals surface area (Å²) >= 11 is 0. The van der Waals surface area contributed by atoms with Gasteiger partial charge >= 0.3 is 6.11 Å². The van der Waals surface area contributed by atoms with E-state index in [0.29, 0.717) is 12.1 Å². The van der Waals surface area contributed by atoms with Gasteiger partial charge in [0.15, 0.2) is 17.5 Å². The predicted octanol–water partition coefficient (Wildman–Crippen LogP) is 8.26. The van der Waals surface area contributed by atoms with Crippen LogP contribution in [0.2, 0.25) is 0 Å². The van der Waals surface area contributed by atoms with Gasteiger partial charge in [0.1, 0.15) is 40.4 Å². The Kier molecular flexibility index (Phi) is 6.42. The molecule has 0 aliphatic carbocycles. The van der Waals surface area contributed by atoms with Crippen molar-refractivity contribution in [2.75, 3.05) is 0 Å². The molecule has 0 aliphatic heterocycles. The highest BCUT2D eigenvalue weighted by Gasteiger charge is 2.42. The Hall–Kier alpha value is -4.02. The van der Waals surface area contributed by atoms with E-state index in [2.05, 4.69) is 4.74 Å². The number of benzene rings is 4.